The lowest BCUT2D eigenvalue weighted by atomic mass is 9.90. The van der Waals surface area contributed by atoms with Crippen molar-refractivity contribution in [1.82, 2.24) is 24.1 Å². The van der Waals surface area contributed by atoms with Gasteiger partial charge >= 0.3 is 0 Å². The molecule has 0 saturated heterocycles. The molecule has 4 aromatic heterocycles. The summed E-state index contributed by atoms with van der Waals surface area (Å²) in [5.41, 5.74) is 12.5. The Kier molecular flexibility index (Phi) is 7.56. The number of fused-ring (bicyclic) bond motifs is 6. The lowest BCUT2D eigenvalue weighted by molar-refractivity contribution is 0.886. The number of benzene rings is 6. The van der Waals surface area contributed by atoms with Crippen molar-refractivity contribution in [2.75, 3.05) is 0 Å². The van der Waals surface area contributed by atoms with Gasteiger partial charge < -0.3 is 4.57 Å². The Bertz CT molecular complexity index is 3200. The SMILES string of the molecule is C1=c2c(n(-c3ncc(-c4ccc(-c5cncc(-c6ccccc6)c5)cc4)cn3)c3ccccc23)=CCC1c1ccc2c(c1)c1ccccc1n2-c1ccccc1. The van der Waals surface area contributed by atoms with Crippen LogP contribution in [0.5, 0.6) is 0 Å². The number of nitrogens with zero attached hydrogens (tertiary/aromatic N) is 5. The highest BCUT2D eigenvalue weighted by Crippen LogP contribution is 2.36. The summed E-state index contributed by atoms with van der Waals surface area (Å²) in [4.78, 5) is 14.4. The quantitative estimate of drug-likeness (QED) is 0.172. The van der Waals surface area contributed by atoms with E-state index in [1.807, 2.05) is 30.9 Å². The van der Waals surface area contributed by atoms with Crippen LogP contribution in [0.3, 0.4) is 0 Å². The van der Waals surface area contributed by atoms with Gasteiger partial charge in [0.2, 0.25) is 5.95 Å². The van der Waals surface area contributed by atoms with E-state index >= 15 is 0 Å². The van der Waals surface area contributed by atoms with E-state index in [0.717, 1.165) is 50.7 Å². The number of rotatable bonds is 6. The van der Waals surface area contributed by atoms with E-state index in [4.69, 9.17) is 9.97 Å². The van der Waals surface area contributed by atoms with E-state index < -0.39 is 0 Å². The Morgan fingerprint density at radius 3 is 1.77 bits per heavy atom. The fraction of sp³-hybridized carbons (Fsp3) is 0.0392. The first kappa shape index (κ1) is 32.1. The zero-order valence-electron chi connectivity index (χ0n) is 30.5. The minimum Gasteiger partial charge on any atom is -0.309 e. The summed E-state index contributed by atoms with van der Waals surface area (Å²) in [6, 6.07) is 56.1. The van der Waals surface area contributed by atoms with E-state index in [1.54, 1.807) is 0 Å². The highest BCUT2D eigenvalue weighted by Gasteiger charge is 2.20. The molecule has 1 aliphatic carbocycles. The van der Waals surface area contributed by atoms with Gasteiger partial charge in [0.05, 0.1) is 21.9 Å². The lowest BCUT2D eigenvalue weighted by Crippen LogP contribution is -2.32. The molecule has 0 bridgehead atoms. The Hall–Kier alpha value is -7.37. The topological polar surface area (TPSA) is 48.5 Å². The van der Waals surface area contributed by atoms with Crippen molar-refractivity contribution in [3.63, 3.8) is 0 Å². The van der Waals surface area contributed by atoms with Gasteiger partial charge in [-0.25, -0.2) is 9.97 Å². The number of aromatic nitrogens is 5. The summed E-state index contributed by atoms with van der Waals surface area (Å²) < 4.78 is 4.59. The monoisotopic (exact) mass is 717 g/mol. The molecule has 4 heterocycles. The van der Waals surface area contributed by atoms with E-state index in [2.05, 4.69) is 178 Å². The van der Waals surface area contributed by atoms with Crippen LogP contribution in [-0.4, -0.2) is 24.1 Å². The van der Waals surface area contributed by atoms with Crippen LogP contribution in [0.15, 0.2) is 183 Å². The van der Waals surface area contributed by atoms with E-state index in [1.165, 1.54) is 43.7 Å². The largest absolute Gasteiger partial charge is 0.309 e. The number of hydrogen-bond acceptors (Lipinski definition) is 3. The van der Waals surface area contributed by atoms with Crippen molar-refractivity contribution < 1.29 is 0 Å². The van der Waals surface area contributed by atoms with Crippen molar-refractivity contribution in [2.24, 2.45) is 0 Å². The summed E-state index contributed by atoms with van der Waals surface area (Å²) in [5.74, 6) is 0.915. The number of hydrogen-bond donors (Lipinski definition) is 0. The molecule has 264 valence electrons. The van der Waals surface area contributed by atoms with Gasteiger partial charge in [0.25, 0.3) is 0 Å². The molecule has 11 rings (SSSR count). The van der Waals surface area contributed by atoms with Crippen molar-refractivity contribution in [2.45, 2.75) is 12.3 Å². The minimum absolute atomic E-state index is 0.243. The van der Waals surface area contributed by atoms with Crippen LogP contribution in [0.25, 0.3) is 89.9 Å². The second-order valence-electron chi connectivity index (χ2n) is 14.5. The number of para-hydroxylation sites is 3. The Morgan fingerprint density at radius 2 is 1.04 bits per heavy atom. The zero-order chi connectivity index (χ0) is 37.0. The fourth-order valence-corrected chi connectivity index (χ4v) is 8.52. The average molecular weight is 718 g/mol. The fourth-order valence-electron chi connectivity index (χ4n) is 8.52. The molecule has 1 unspecified atom stereocenters. The Labute approximate surface area is 323 Å². The smallest absolute Gasteiger partial charge is 0.234 e. The molecule has 0 amide bonds. The predicted octanol–water partition coefficient (Wildman–Crippen LogP) is 10.7. The van der Waals surface area contributed by atoms with Crippen LogP contribution < -0.4 is 10.6 Å². The first-order chi connectivity index (χ1) is 27.8. The van der Waals surface area contributed by atoms with Crippen LogP contribution >= 0.6 is 0 Å². The van der Waals surface area contributed by atoms with Crippen LogP contribution in [0, 0.1) is 0 Å². The molecule has 0 aliphatic heterocycles. The van der Waals surface area contributed by atoms with Crippen LogP contribution in [0.2, 0.25) is 0 Å². The van der Waals surface area contributed by atoms with Gasteiger partial charge in [0.15, 0.2) is 0 Å². The first-order valence-corrected chi connectivity index (χ1v) is 19.1. The van der Waals surface area contributed by atoms with E-state index in [0.29, 0.717) is 5.95 Å². The van der Waals surface area contributed by atoms with Gasteiger partial charge in [0.1, 0.15) is 0 Å². The normalized spacial score (nSPS) is 13.8. The second kappa shape index (κ2) is 13.2. The molecule has 1 aliphatic rings. The van der Waals surface area contributed by atoms with E-state index in [9.17, 15) is 0 Å². The van der Waals surface area contributed by atoms with Crippen molar-refractivity contribution in [3.8, 4) is 45.0 Å². The summed E-state index contributed by atoms with van der Waals surface area (Å²) in [6.45, 7) is 0. The molecule has 0 spiro atoms. The van der Waals surface area contributed by atoms with Gasteiger partial charge in [-0.2, -0.15) is 0 Å². The van der Waals surface area contributed by atoms with Crippen LogP contribution in [0.1, 0.15) is 17.9 Å². The molecule has 0 radical (unpaired) electrons. The third kappa shape index (κ3) is 5.36. The van der Waals surface area contributed by atoms with Gasteiger partial charge in [-0.3, -0.25) is 9.55 Å². The second-order valence-corrected chi connectivity index (χ2v) is 14.5. The van der Waals surface area contributed by atoms with Crippen molar-refractivity contribution >= 4 is 44.9 Å². The molecule has 5 nitrogen and oxygen atoms in total. The third-order valence-electron chi connectivity index (χ3n) is 11.3. The molecule has 0 saturated carbocycles. The molecular formula is C51H35N5. The molecule has 1 atom stereocenters. The maximum atomic E-state index is 4.95. The molecule has 56 heavy (non-hydrogen) atoms. The van der Waals surface area contributed by atoms with Crippen LogP contribution in [0.4, 0.5) is 0 Å². The Balaban J connectivity index is 0.927. The van der Waals surface area contributed by atoms with Crippen molar-refractivity contribution in [1.29, 1.82) is 0 Å². The third-order valence-corrected chi connectivity index (χ3v) is 11.3. The van der Waals surface area contributed by atoms with Gasteiger partial charge in [-0.05, 0) is 71.1 Å². The molecular weight excluding hydrogens is 683 g/mol. The van der Waals surface area contributed by atoms with Gasteiger partial charge in [0, 0.05) is 74.5 Å². The molecule has 0 fully saturated rings. The number of pyridine rings is 1. The summed E-state index contributed by atoms with van der Waals surface area (Å²) in [7, 11) is 0. The molecule has 6 aromatic carbocycles. The maximum absolute atomic E-state index is 4.95. The maximum Gasteiger partial charge on any atom is 0.234 e. The summed E-state index contributed by atoms with van der Waals surface area (Å²) in [5, 5.41) is 6.14. The van der Waals surface area contributed by atoms with Crippen LogP contribution in [-0.2, 0) is 0 Å². The highest BCUT2D eigenvalue weighted by atomic mass is 15.1. The first-order valence-electron chi connectivity index (χ1n) is 19.1. The van der Waals surface area contributed by atoms with Crippen molar-refractivity contribution in [3.05, 3.63) is 199 Å². The Morgan fingerprint density at radius 1 is 0.446 bits per heavy atom. The molecule has 5 heteroatoms. The van der Waals surface area contributed by atoms with E-state index in [-0.39, 0.29) is 5.92 Å². The standard InChI is InChI=1S/C51H35N5/c1-3-11-34(12-4-1)39-27-40(31-52-30-39)35-19-21-36(22-20-35)41-32-53-51(54-33-41)56-48-18-10-8-16-44(48)46-29-38(24-26-50(46)56)37-23-25-49-45(28-37)43-15-7-9-17-47(43)55(49)42-13-5-2-6-14-42/h1-23,25-33,38H,24H2. The van der Waals surface area contributed by atoms with Gasteiger partial charge in [-0.1, -0.05) is 127 Å². The minimum atomic E-state index is 0.243. The summed E-state index contributed by atoms with van der Waals surface area (Å²) in [6.07, 6.45) is 13.4. The molecule has 0 N–H and O–H groups in total. The highest BCUT2D eigenvalue weighted by molar-refractivity contribution is 6.09. The lowest BCUT2D eigenvalue weighted by Gasteiger charge is -2.15. The van der Waals surface area contributed by atoms with Gasteiger partial charge in [-0.15, -0.1) is 0 Å². The molecule has 10 aromatic rings. The predicted molar refractivity (Wildman–Crippen MR) is 229 cm³/mol. The zero-order valence-corrected chi connectivity index (χ0v) is 30.5. The average Bonchev–Trinajstić information content (AvgIpc) is 3.79. The summed E-state index contributed by atoms with van der Waals surface area (Å²) >= 11 is 0.